The Morgan fingerprint density at radius 1 is 1.31 bits per heavy atom. The first kappa shape index (κ1) is 14.9. The van der Waals surface area contributed by atoms with Crippen LogP contribution >= 0.6 is 0 Å². The van der Waals surface area contributed by atoms with E-state index in [-0.39, 0.29) is 0 Å². The van der Waals surface area contributed by atoms with Gasteiger partial charge in [0.05, 0.1) is 5.75 Å². The van der Waals surface area contributed by atoms with Crippen LogP contribution in [0, 0.1) is 5.41 Å². The number of carboxylic acids is 1. The number of nitrogens with one attached hydrogen (secondary N) is 1. The second-order valence-corrected chi connectivity index (χ2v) is 6.89. The Morgan fingerprint density at radius 2 is 1.75 bits per heavy atom. The van der Waals surface area contributed by atoms with Crippen LogP contribution in [0.1, 0.15) is 20.8 Å². The predicted molar refractivity (Wildman–Crippen MR) is 58.7 cm³/mol. The molecule has 0 spiro atoms. The summed E-state index contributed by atoms with van der Waals surface area (Å²) in [7, 11) is -3.46. The van der Waals surface area contributed by atoms with Crippen LogP contribution in [0.5, 0.6) is 0 Å². The lowest BCUT2D eigenvalue weighted by molar-refractivity contribution is -0.142. The van der Waals surface area contributed by atoms with Gasteiger partial charge in [0.25, 0.3) is 0 Å². The summed E-state index contributed by atoms with van der Waals surface area (Å²) in [5.74, 6) is -2.46. The molecule has 0 radical (unpaired) electrons. The Kier molecular flexibility index (Phi) is 4.48. The SMILES string of the molecule is CC(C)(C)C(=O)NC(CS(C)(=O)=O)C(=O)O. The quantitative estimate of drug-likeness (QED) is 0.711. The van der Waals surface area contributed by atoms with Gasteiger partial charge in [-0.05, 0) is 0 Å². The van der Waals surface area contributed by atoms with Crippen LogP contribution in [0.4, 0.5) is 0 Å². The highest BCUT2D eigenvalue weighted by molar-refractivity contribution is 7.90. The second kappa shape index (κ2) is 4.82. The largest absolute Gasteiger partial charge is 0.480 e. The first-order valence-corrected chi connectivity index (χ1v) is 6.71. The van der Waals surface area contributed by atoms with Gasteiger partial charge in [0.15, 0.2) is 0 Å². The monoisotopic (exact) mass is 251 g/mol. The van der Waals surface area contributed by atoms with Crippen molar-refractivity contribution in [2.75, 3.05) is 12.0 Å². The lowest BCUT2D eigenvalue weighted by Crippen LogP contribution is -2.48. The van der Waals surface area contributed by atoms with Gasteiger partial charge in [0.2, 0.25) is 5.91 Å². The minimum atomic E-state index is -3.46. The molecule has 0 rings (SSSR count). The maximum Gasteiger partial charge on any atom is 0.327 e. The van der Waals surface area contributed by atoms with Crippen LogP contribution in [-0.4, -0.2) is 43.5 Å². The molecule has 0 heterocycles. The first-order chi connectivity index (χ1) is 6.93. The van der Waals surface area contributed by atoms with Gasteiger partial charge in [-0.25, -0.2) is 13.2 Å². The van der Waals surface area contributed by atoms with Gasteiger partial charge in [0, 0.05) is 11.7 Å². The number of rotatable bonds is 4. The van der Waals surface area contributed by atoms with Crippen molar-refractivity contribution in [1.82, 2.24) is 5.32 Å². The zero-order valence-electron chi connectivity index (χ0n) is 9.77. The van der Waals surface area contributed by atoms with E-state index >= 15 is 0 Å². The smallest absolute Gasteiger partial charge is 0.327 e. The molecule has 1 atom stereocenters. The fourth-order valence-electron chi connectivity index (χ4n) is 0.852. The van der Waals surface area contributed by atoms with E-state index in [0.29, 0.717) is 0 Å². The van der Waals surface area contributed by atoms with Crippen LogP contribution in [0.25, 0.3) is 0 Å². The van der Waals surface area contributed by atoms with E-state index in [4.69, 9.17) is 5.11 Å². The number of aliphatic carboxylic acids is 1. The summed E-state index contributed by atoms with van der Waals surface area (Å²) < 4.78 is 21.9. The molecule has 16 heavy (non-hydrogen) atoms. The fourth-order valence-corrected chi connectivity index (χ4v) is 1.68. The normalized spacial score (nSPS) is 14.2. The molecule has 7 heteroatoms. The molecule has 1 amide bonds. The zero-order chi connectivity index (χ0) is 13.1. The molecular weight excluding hydrogens is 234 g/mol. The summed E-state index contributed by atoms with van der Waals surface area (Å²) in [5.41, 5.74) is -0.759. The van der Waals surface area contributed by atoms with Crippen molar-refractivity contribution in [2.24, 2.45) is 5.41 Å². The molecule has 0 bridgehead atoms. The minimum absolute atomic E-state index is 0.497. The molecule has 0 aromatic carbocycles. The van der Waals surface area contributed by atoms with Gasteiger partial charge in [-0.15, -0.1) is 0 Å². The average Bonchev–Trinajstić information content (AvgIpc) is 1.98. The van der Waals surface area contributed by atoms with Crippen molar-refractivity contribution in [3.63, 3.8) is 0 Å². The molecule has 0 aliphatic heterocycles. The highest BCUT2D eigenvalue weighted by Crippen LogP contribution is 2.13. The topological polar surface area (TPSA) is 101 Å². The summed E-state index contributed by atoms with van der Waals surface area (Å²) in [5, 5.41) is 11.0. The van der Waals surface area contributed by atoms with E-state index < -0.39 is 38.9 Å². The van der Waals surface area contributed by atoms with E-state index in [9.17, 15) is 18.0 Å². The highest BCUT2D eigenvalue weighted by Gasteiger charge is 2.29. The van der Waals surface area contributed by atoms with Gasteiger partial charge >= 0.3 is 5.97 Å². The van der Waals surface area contributed by atoms with Gasteiger partial charge in [0.1, 0.15) is 15.9 Å². The maximum atomic E-state index is 11.5. The third kappa shape index (κ3) is 5.69. The van der Waals surface area contributed by atoms with Crippen molar-refractivity contribution in [3.8, 4) is 0 Å². The van der Waals surface area contributed by atoms with E-state index in [2.05, 4.69) is 5.32 Å². The average molecular weight is 251 g/mol. The van der Waals surface area contributed by atoms with Crippen LogP contribution in [-0.2, 0) is 19.4 Å². The van der Waals surface area contributed by atoms with Crippen LogP contribution < -0.4 is 5.32 Å². The van der Waals surface area contributed by atoms with Crippen LogP contribution in [0.2, 0.25) is 0 Å². The number of hydrogen-bond acceptors (Lipinski definition) is 4. The number of sulfone groups is 1. The van der Waals surface area contributed by atoms with Crippen molar-refractivity contribution >= 4 is 21.7 Å². The summed E-state index contributed by atoms with van der Waals surface area (Å²) in [6, 6.07) is -1.40. The lowest BCUT2D eigenvalue weighted by Gasteiger charge is -2.21. The Bertz CT molecular complexity index is 379. The maximum absolute atomic E-state index is 11.5. The first-order valence-electron chi connectivity index (χ1n) is 4.65. The molecule has 0 aliphatic carbocycles. The van der Waals surface area contributed by atoms with E-state index in [0.717, 1.165) is 6.26 Å². The summed E-state index contributed by atoms with van der Waals surface area (Å²) in [4.78, 5) is 22.3. The molecular formula is C9H17NO5S. The van der Waals surface area contributed by atoms with E-state index in [1.54, 1.807) is 20.8 Å². The minimum Gasteiger partial charge on any atom is -0.480 e. The number of carbonyl (C=O) groups is 2. The molecule has 6 nitrogen and oxygen atoms in total. The molecule has 0 aromatic rings. The van der Waals surface area contributed by atoms with Crippen molar-refractivity contribution in [2.45, 2.75) is 26.8 Å². The third-order valence-electron chi connectivity index (χ3n) is 1.75. The molecule has 94 valence electrons. The highest BCUT2D eigenvalue weighted by atomic mass is 32.2. The van der Waals surface area contributed by atoms with E-state index in [1.807, 2.05) is 0 Å². The third-order valence-corrected chi connectivity index (χ3v) is 2.69. The molecule has 0 saturated carbocycles. The molecule has 2 N–H and O–H groups in total. The van der Waals surface area contributed by atoms with Crippen LogP contribution in [0.3, 0.4) is 0 Å². The van der Waals surface area contributed by atoms with Gasteiger partial charge in [-0.2, -0.15) is 0 Å². The van der Waals surface area contributed by atoms with Gasteiger partial charge in [-0.3, -0.25) is 4.79 Å². The van der Waals surface area contributed by atoms with Gasteiger partial charge < -0.3 is 10.4 Å². The van der Waals surface area contributed by atoms with Gasteiger partial charge in [-0.1, -0.05) is 20.8 Å². The number of carbonyl (C=O) groups excluding carboxylic acids is 1. The standard InChI is InChI=1S/C9H17NO5S/c1-9(2,3)8(13)10-6(7(11)12)5-16(4,14)15/h6H,5H2,1-4H3,(H,10,13)(H,11,12). The number of amides is 1. The van der Waals surface area contributed by atoms with Crippen molar-refractivity contribution in [3.05, 3.63) is 0 Å². The van der Waals surface area contributed by atoms with Crippen molar-refractivity contribution < 1.29 is 23.1 Å². The van der Waals surface area contributed by atoms with Crippen molar-refractivity contribution in [1.29, 1.82) is 0 Å². The lowest BCUT2D eigenvalue weighted by atomic mass is 9.95. The molecule has 0 fully saturated rings. The fraction of sp³-hybridized carbons (Fsp3) is 0.778. The molecule has 0 saturated heterocycles. The molecule has 0 aliphatic rings. The second-order valence-electron chi connectivity index (χ2n) is 4.71. The Balaban J connectivity index is 4.73. The summed E-state index contributed by atoms with van der Waals surface area (Å²) >= 11 is 0. The van der Waals surface area contributed by atoms with Crippen LogP contribution in [0.15, 0.2) is 0 Å². The summed E-state index contributed by atoms with van der Waals surface area (Å²) in [6.07, 6.45) is 0.923. The number of carboxylic acid groups (broad SMARTS) is 1. The Labute approximate surface area is 95.0 Å². The zero-order valence-corrected chi connectivity index (χ0v) is 10.6. The molecule has 1 unspecified atom stereocenters. The Hall–Kier alpha value is -1.11. The predicted octanol–water partition coefficient (Wildman–Crippen LogP) is -0.353. The molecule has 0 aromatic heterocycles. The summed E-state index contributed by atoms with van der Waals surface area (Å²) in [6.45, 7) is 4.84. The number of hydrogen-bond donors (Lipinski definition) is 2. The van der Waals surface area contributed by atoms with E-state index in [1.165, 1.54) is 0 Å². The Morgan fingerprint density at radius 3 is 2.00 bits per heavy atom.